The fourth-order valence-electron chi connectivity index (χ4n) is 2.01. The molecule has 7 nitrogen and oxygen atoms in total. The van der Waals surface area contributed by atoms with E-state index in [2.05, 4.69) is 16.0 Å². The van der Waals surface area contributed by atoms with Crippen molar-refractivity contribution in [2.45, 2.75) is 18.9 Å². The van der Waals surface area contributed by atoms with Crippen LogP contribution < -0.4 is 16.0 Å². The molecule has 4 N–H and O–H groups in total. The summed E-state index contributed by atoms with van der Waals surface area (Å²) in [5.41, 5.74) is 0.973. The van der Waals surface area contributed by atoms with Crippen molar-refractivity contribution < 1.29 is 19.5 Å². The van der Waals surface area contributed by atoms with Crippen molar-refractivity contribution in [1.29, 1.82) is 0 Å². The Morgan fingerprint density at radius 3 is 2.75 bits per heavy atom. The first-order valence-corrected chi connectivity index (χ1v) is 6.18. The maximum atomic E-state index is 11.8. The van der Waals surface area contributed by atoms with Gasteiger partial charge >= 0.3 is 12.0 Å². The quantitative estimate of drug-likeness (QED) is 0.635. The fourth-order valence-corrected chi connectivity index (χ4v) is 2.01. The summed E-state index contributed by atoms with van der Waals surface area (Å²) in [6, 6.07) is 6.00. The molecule has 3 amide bonds. The zero-order valence-electron chi connectivity index (χ0n) is 10.7. The maximum absolute atomic E-state index is 11.8. The smallest absolute Gasteiger partial charge is 0.319 e. The molecule has 1 unspecified atom stereocenters. The molecule has 1 aliphatic heterocycles. The van der Waals surface area contributed by atoms with E-state index in [4.69, 9.17) is 5.11 Å². The summed E-state index contributed by atoms with van der Waals surface area (Å²) >= 11 is 0. The van der Waals surface area contributed by atoms with Crippen LogP contribution in [-0.4, -0.2) is 35.6 Å². The molecule has 1 aromatic rings. The zero-order chi connectivity index (χ0) is 14.5. The Bertz CT molecular complexity index is 544. The number of aliphatic carboxylic acids is 1. The fraction of sp³-hybridized carbons (Fsp3) is 0.308. The lowest BCUT2D eigenvalue weighted by molar-refractivity contribution is -0.136. The summed E-state index contributed by atoms with van der Waals surface area (Å²) in [5.74, 6) is -1.06. The number of carbonyl (C=O) groups excluding carboxylic acids is 2. The number of benzene rings is 1. The molecule has 2 rings (SSSR count). The van der Waals surface area contributed by atoms with Gasteiger partial charge in [-0.3, -0.25) is 9.59 Å². The first-order chi connectivity index (χ1) is 9.54. The Morgan fingerprint density at radius 2 is 2.10 bits per heavy atom. The Kier molecular flexibility index (Phi) is 4.19. The van der Waals surface area contributed by atoms with E-state index in [0.717, 1.165) is 0 Å². The summed E-state index contributed by atoms with van der Waals surface area (Å²) < 4.78 is 0. The van der Waals surface area contributed by atoms with Crippen molar-refractivity contribution in [2.24, 2.45) is 0 Å². The largest absolute Gasteiger partial charge is 0.481 e. The Balaban J connectivity index is 1.97. The number of carboxylic acids is 1. The minimum Gasteiger partial charge on any atom is -0.481 e. The molecule has 1 heterocycles. The van der Waals surface area contributed by atoms with Crippen LogP contribution >= 0.6 is 0 Å². The molecule has 0 bridgehead atoms. The standard InChI is InChI=1S/C13H15N3O4/c17-11-6-9(7-14-11)15-13(20)16-10-4-2-1-3-8(10)5-12(18)19/h1-4,9H,5-7H2,(H,14,17)(H,18,19)(H2,15,16,20). The molecule has 1 aliphatic rings. The van der Waals surface area contributed by atoms with Gasteiger partial charge in [-0.2, -0.15) is 0 Å². The second-order valence-corrected chi connectivity index (χ2v) is 4.53. The lowest BCUT2D eigenvalue weighted by Crippen LogP contribution is -2.39. The van der Waals surface area contributed by atoms with Crippen molar-refractivity contribution in [1.82, 2.24) is 10.6 Å². The topological polar surface area (TPSA) is 108 Å². The number of nitrogens with one attached hydrogen (secondary N) is 3. The molecule has 106 valence electrons. The third-order valence-electron chi connectivity index (χ3n) is 2.92. The molecule has 1 saturated heterocycles. The van der Waals surface area contributed by atoms with E-state index in [1.54, 1.807) is 24.3 Å². The normalized spacial score (nSPS) is 17.4. The van der Waals surface area contributed by atoms with Gasteiger partial charge in [0, 0.05) is 18.7 Å². The van der Waals surface area contributed by atoms with Crippen LogP contribution in [0, 0.1) is 0 Å². The Morgan fingerprint density at radius 1 is 1.35 bits per heavy atom. The van der Waals surface area contributed by atoms with Crippen molar-refractivity contribution in [3.63, 3.8) is 0 Å². The van der Waals surface area contributed by atoms with Crippen molar-refractivity contribution in [3.05, 3.63) is 29.8 Å². The molecule has 1 fully saturated rings. The highest BCUT2D eigenvalue weighted by atomic mass is 16.4. The molecule has 20 heavy (non-hydrogen) atoms. The second-order valence-electron chi connectivity index (χ2n) is 4.53. The van der Waals surface area contributed by atoms with E-state index in [1.807, 2.05) is 0 Å². The highest BCUT2D eigenvalue weighted by Crippen LogP contribution is 2.15. The number of anilines is 1. The van der Waals surface area contributed by atoms with Crippen LogP contribution in [0.3, 0.4) is 0 Å². The van der Waals surface area contributed by atoms with Crippen molar-refractivity contribution in [3.8, 4) is 0 Å². The Labute approximate surface area is 115 Å². The summed E-state index contributed by atoms with van der Waals surface area (Å²) in [7, 11) is 0. The van der Waals surface area contributed by atoms with Crippen molar-refractivity contribution >= 4 is 23.6 Å². The molecule has 1 atom stereocenters. The lowest BCUT2D eigenvalue weighted by atomic mass is 10.1. The monoisotopic (exact) mass is 277 g/mol. The van der Waals surface area contributed by atoms with Gasteiger partial charge in [0.25, 0.3) is 0 Å². The number of rotatable bonds is 4. The molecular formula is C13H15N3O4. The highest BCUT2D eigenvalue weighted by Gasteiger charge is 2.23. The lowest BCUT2D eigenvalue weighted by Gasteiger charge is -2.13. The van der Waals surface area contributed by atoms with Crippen LogP contribution in [0.2, 0.25) is 0 Å². The molecule has 7 heteroatoms. The van der Waals surface area contributed by atoms with E-state index >= 15 is 0 Å². The molecule has 0 radical (unpaired) electrons. The highest BCUT2D eigenvalue weighted by molar-refractivity contribution is 5.92. The average Bonchev–Trinajstić information content (AvgIpc) is 2.76. The number of hydrogen-bond donors (Lipinski definition) is 4. The van der Waals surface area contributed by atoms with Crippen LogP contribution in [0.1, 0.15) is 12.0 Å². The summed E-state index contributed by atoms with van der Waals surface area (Å²) in [6.07, 6.45) is 0.0874. The van der Waals surface area contributed by atoms with Crippen LogP contribution in [0.5, 0.6) is 0 Å². The second kappa shape index (κ2) is 6.05. The number of carboxylic acid groups (broad SMARTS) is 1. The van der Waals surface area contributed by atoms with Gasteiger partial charge in [-0.1, -0.05) is 18.2 Å². The van der Waals surface area contributed by atoms with Gasteiger partial charge in [0.05, 0.1) is 12.5 Å². The summed E-state index contributed by atoms with van der Waals surface area (Å²) in [5, 5.41) is 16.7. The zero-order valence-corrected chi connectivity index (χ0v) is 10.7. The van der Waals surface area contributed by atoms with E-state index in [-0.39, 0.29) is 24.8 Å². The first kappa shape index (κ1) is 13.9. The number of carbonyl (C=O) groups is 3. The van der Waals surface area contributed by atoms with Gasteiger partial charge in [0.2, 0.25) is 5.91 Å². The predicted molar refractivity (Wildman–Crippen MR) is 71.4 cm³/mol. The molecule has 1 aromatic carbocycles. The molecule has 0 saturated carbocycles. The van der Waals surface area contributed by atoms with Crippen molar-refractivity contribution in [2.75, 3.05) is 11.9 Å². The van der Waals surface area contributed by atoms with E-state index in [1.165, 1.54) is 0 Å². The minimum atomic E-state index is -0.967. The van der Waals surface area contributed by atoms with Gasteiger partial charge < -0.3 is 21.1 Å². The SMILES string of the molecule is O=C(O)Cc1ccccc1NC(=O)NC1CNC(=O)C1. The van der Waals surface area contributed by atoms with E-state index < -0.39 is 12.0 Å². The van der Waals surface area contributed by atoms with Gasteiger partial charge in [-0.15, -0.1) is 0 Å². The number of amides is 3. The first-order valence-electron chi connectivity index (χ1n) is 6.18. The van der Waals surface area contributed by atoms with Gasteiger partial charge in [0.1, 0.15) is 0 Å². The number of urea groups is 1. The molecule has 0 aliphatic carbocycles. The van der Waals surface area contributed by atoms with Gasteiger partial charge in [-0.25, -0.2) is 4.79 Å². The molecule has 0 spiro atoms. The number of hydrogen-bond acceptors (Lipinski definition) is 3. The number of para-hydroxylation sites is 1. The molecular weight excluding hydrogens is 262 g/mol. The van der Waals surface area contributed by atoms with Crippen LogP contribution in [0.15, 0.2) is 24.3 Å². The third-order valence-corrected chi connectivity index (χ3v) is 2.92. The summed E-state index contributed by atoms with van der Waals surface area (Å²) in [6.45, 7) is 0.406. The van der Waals surface area contributed by atoms with Gasteiger partial charge in [0.15, 0.2) is 0 Å². The average molecular weight is 277 g/mol. The third kappa shape index (κ3) is 3.71. The predicted octanol–water partition coefficient (Wildman–Crippen LogP) is 0.324. The summed E-state index contributed by atoms with van der Waals surface area (Å²) in [4.78, 5) is 33.6. The van der Waals surface area contributed by atoms with Crippen LogP contribution in [-0.2, 0) is 16.0 Å². The van der Waals surface area contributed by atoms with E-state index in [9.17, 15) is 14.4 Å². The maximum Gasteiger partial charge on any atom is 0.319 e. The Hall–Kier alpha value is -2.57. The van der Waals surface area contributed by atoms with Gasteiger partial charge in [-0.05, 0) is 11.6 Å². The molecule has 0 aromatic heterocycles. The minimum absolute atomic E-state index is 0.0958. The van der Waals surface area contributed by atoms with Crippen LogP contribution in [0.25, 0.3) is 0 Å². The van der Waals surface area contributed by atoms with E-state index in [0.29, 0.717) is 17.8 Å². The van der Waals surface area contributed by atoms with Crippen LogP contribution in [0.4, 0.5) is 10.5 Å².